The molecule has 186 valence electrons. The number of carbonyl (C=O) groups is 2. The van der Waals surface area contributed by atoms with E-state index in [0.29, 0.717) is 38.8 Å². The first-order valence-corrected chi connectivity index (χ1v) is 12.0. The van der Waals surface area contributed by atoms with E-state index >= 15 is 0 Å². The van der Waals surface area contributed by atoms with Gasteiger partial charge in [-0.05, 0) is 49.3 Å². The van der Waals surface area contributed by atoms with Gasteiger partial charge in [0.25, 0.3) is 5.91 Å². The summed E-state index contributed by atoms with van der Waals surface area (Å²) in [6.07, 6.45) is 0.974. The Kier molecular flexibility index (Phi) is 9.13. The number of halogens is 3. The number of nitrogens with zero attached hydrogens (tertiary/aromatic N) is 2. The lowest BCUT2D eigenvalue weighted by Crippen LogP contribution is -2.37. The number of hydrogen-bond acceptors (Lipinski definition) is 8. The molecule has 0 bridgehead atoms. The second-order valence-electron chi connectivity index (χ2n) is 7.56. The smallest absolute Gasteiger partial charge is 0.319 e. The molecule has 6 N–H and O–H groups in total. The molecule has 2 unspecified atom stereocenters. The minimum absolute atomic E-state index is 0.0278. The summed E-state index contributed by atoms with van der Waals surface area (Å²) >= 11 is 3.72. The fourth-order valence-corrected chi connectivity index (χ4v) is 4.56. The molecule has 0 saturated carbocycles. The van der Waals surface area contributed by atoms with Gasteiger partial charge in [0.2, 0.25) is 5.88 Å². The van der Waals surface area contributed by atoms with E-state index in [1.165, 1.54) is 0 Å². The quantitative estimate of drug-likeness (QED) is 0.279. The first-order chi connectivity index (χ1) is 16.2. The maximum Gasteiger partial charge on any atom is 0.319 e. The molecule has 1 aliphatic rings. The van der Waals surface area contributed by atoms with E-state index in [2.05, 4.69) is 30.9 Å². The van der Waals surface area contributed by atoms with Crippen LogP contribution in [0, 0.1) is 11.6 Å². The highest BCUT2D eigenvalue weighted by Gasteiger charge is 2.29. The van der Waals surface area contributed by atoms with Crippen LogP contribution in [0.5, 0.6) is 5.88 Å². The van der Waals surface area contributed by atoms with E-state index in [1.807, 2.05) is 0 Å². The van der Waals surface area contributed by atoms with Crippen LogP contribution in [-0.2, 0) is 6.61 Å². The number of carbonyl (C=O) groups excluding carboxylic acids is 2. The summed E-state index contributed by atoms with van der Waals surface area (Å²) in [5.74, 6) is -2.86. The number of primary amides is 1. The number of urea groups is 1. The molecule has 2 atom stereocenters. The molecule has 1 aromatic heterocycles. The summed E-state index contributed by atoms with van der Waals surface area (Å²) in [4.78, 5) is 25.7. The van der Waals surface area contributed by atoms with Gasteiger partial charge in [0.1, 0.15) is 41.3 Å². The van der Waals surface area contributed by atoms with E-state index < -0.39 is 42.6 Å². The Balaban J connectivity index is 1.51. The number of nitrogens with one attached hydrogen (secondary N) is 2. The van der Waals surface area contributed by atoms with E-state index in [9.17, 15) is 28.6 Å². The van der Waals surface area contributed by atoms with Crippen molar-refractivity contribution in [2.45, 2.75) is 44.7 Å². The van der Waals surface area contributed by atoms with Crippen LogP contribution in [0.4, 0.5) is 18.6 Å². The van der Waals surface area contributed by atoms with Gasteiger partial charge in [-0.15, -0.1) is 0 Å². The van der Waals surface area contributed by atoms with E-state index in [0.717, 1.165) is 23.7 Å². The zero-order valence-corrected chi connectivity index (χ0v) is 20.3. The van der Waals surface area contributed by atoms with Crippen molar-refractivity contribution in [3.05, 3.63) is 39.4 Å². The molecule has 3 amide bonds. The van der Waals surface area contributed by atoms with Crippen molar-refractivity contribution in [3.63, 3.8) is 0 Å². The van der Waals surface area contributed by atoms with E-state index in [-0.39, 0.29) is 26.5 Å². The fraction of sp³-hybridized carbons (Fsp3) is 0.450. The summed E-state index contributed by atoms with van der Waals surface area (Å²) in [6.45, 7) is 0.260. The maximum absolute atomic E-state index is 14.0. The number of aliphatic hydroxyl groups is 2. The third kappa shape index (κ3) is 6.60. The second-order valence-corrected chi connectivity index (χ2v) is 9.25. The standard InChI is InChI=1S/C20H24BrF2N5O5S/c21-10-7-12(22)11(13(23)8-10)9-33-18-16(17(24)31)19(34-27-18)26-20(32)25-5-1-2-6-28-14(29)3-4-15(28)30/h7-8,14-15,29-30H,1-6,9H2,(H2,24,31)(H2,25,26,32). The summed E-state index contributed by atoms with van der Waals surface area (Å²) in [5, 5.41) is 24.7. The van der Waals surface area contributed by atoms with Gasteiger partial charge in [0, 0.05) is 17.6 Å². The first kappa shape index (κ1) is 26.2. The summed E-state index contributed by atoms with van der Waals surface area (Å²) in [5.41, 5.74) is 4.82. The minimum atomic E-state index is -0.932. The van der Waals surface area contributed by atoms with Gasteiger partial charge >= 0.3 is 6.03 Å². The number of aromatic nitrogens is 1. The molecule has 0 radical (unpaired) electrons. The Labute approximate surface area is 206 Å². The van der Waals surface area contributed by atoms with Gasteiger partial charge in [-0.2, -0.15) is 4.37 Å². The summed E-state index contributed by atoms with van der Waals surface area (Å²) < 4.78 is 37.5. The number of nitrogens with two attached hydrogens (primary N) is 1. The molecule has 1 aliphatic heterocycles. The highest BCUT2D eigenvalue weighted by Crippen LogP contribution is 2.31. The monoisotopic (exact) mass is 563 g/mol. The SMILES string of the molecule is NC(=O)c1c(OCc2c(F)cc(Br)cc2F)nsc1NC(=O)NCCCCN1C(O)CCC1O. The lowest BCUT2D eigenvalue weighted by Gasteiger charge is -2.23. The van der Waals surface area contributed by atoms with Crippen LogP contribution >= 0.6 is 27.5 Å². The third-order valence-corrected chi connectivity index (χ3v) is 6.37. The van der Waals surface area contributed by atoms with E-state index in [4.69, 9.17) is 10.5 Å². The number of ether oxygens (including phenoxy) is 1. The van der Waals surface area contributed by atoms with Crippen molar-refractivity contribution in [2.75, 3.05) is 18.4 Å². The largest absolute Gasteiger partial charge is 0.471 e. The lowest BCUT2D eigenvalue weighted by molar-refractivity contribution is -0.0533. The molecule has 0 aliphatic carbocycles. The molecule has 34 heavy (non-hydrogen) atoms. The number of aliphatic hydroxyl groups excluding tert-OH is 2. The normalized spacial score (nSPS) is 18.1. The van der Waals surface area contributed by atoms with Crippen LogP contribution in [0.15, 0.2) is 16.6 Å². The fourth-order valence-electron chi connectivity index (χ4n) is 3.42. The van der Waals surface area contributed by atoms with Crippen LogP contribution in [0.25, 0.3) is 0 Å². The van der Waals surface area contributed by atoms with Crippen molar-refractivity contribution in [3.8, 4) is 5.88 Å². The third-order valence-electron chi connectivity index (χ3n) is 5.17. The number of rotatable bonds is 10. The van der Waals surface area contributed by atoms with E-state index in [1.54, 1.807) is 4.90 Å². The number of unbranched alkanes of at least 4 members (excludes halogenated alkanes) is 1. The zero-order valence-electron chi connectivity index (χ0n) is 17.9. The molecule has 2 aromatic rings. The van der Waals surface area contributed by atoms with Crippen molar-refractivity contribution in [1.29, 1.82) is 0 Å². The molecule has 0 spiro atoms. The van der Waals surface area contributed by atoms with Crippen molar-refractivity contribution in [2.24, 2.45) is 5.73 Å². The highest BCUT2D eigenvalue weighted by molar-refractivity contribution is 9.10. The predicted octanol–water partition coefficient (Wildman–Crippen LogP) is 2.50. The number of likely N-dealkylation sites (tertiary alicyclic amines) is 1. The van der Waals surface area contributed by atoms with Crippen LogP contribution in [0.3, 0.4) is 0 Å². The number of anilines is 1. The zero-order chi connectivity index (χ0) is 24.8. The predicted molar refractivity (Wildman–Crippen MR) is 123 cm³/mol. The first-order valence-electron chi connectivity index (χ1n) is 10.4. The summed E-state index contributed by atoms with van der Waals surface area (Å²) in [7, 11) is 0. The van der Waals surface area contributed by atoms with Crippen molar-refractivity contribution >= 4 is 44.4 Å². The van der Waals surface area contributed by atoms with Gasteiger partial charge in [0.15, 0.2) is 0 Å². The Morgan fingerprint density at radius 1 is 1.24 bits per heavy atom. The molecule has 1 fully saturated rings. The molecule has 10 nitrogen and oxygen atoms in total. The molecule has 3 rings (SSSR count). The molecule has 1 aromatic carbocycles. The molecule has 14 heteroatoms. The van der Waals surface area contributed by atoms with Gasteiger partial charge in [-0.3, -0.25) is 15.0 Å². The molecular weight excluding hydrogens is 540 g/mol. The molecular formula is C20H24BrF2N5O5S. The van der Waals surface area contributed by atoms with Gasteiger partial charge in [0.05, 0.1) is 5.56 Å². The van der Waals surface area contributed by atoms with Gasteiger partial charge in [-0.1, -0.05) is 15.9 Å². The second kappa shape index (κ2) is 11.8. The minimum Gasteiger partial charge on any atom is -0.471 e. The number of hydrogen-bond donors (Lipinski definition) is 5. The van der Waals surface area contributed by atoms with Crippen molar-refractivity contribution < 1.29 is 33.3 Å². The average molecular weight is 564 g/mol. The Morgan fingerprint density at radius 3 is 2.50 bits per heavy atom. The number of benzene rings is 1. The Bertz CT molecular complexity index is 1010. The van der Waals surface area contributed by atoms with Crippen LogP contribution in [0.1, 0.15) is 41.6 Å². The van der Waals surface area contributed by atoms with Crippen LogP contribution in [0.2, 0.25) is 0 Å². The van der Waals surface area contributed by atoms with Gasteiger partial charge < -0.3 is 26.0 Å². The Hall–Kier alpha value is -2.39. The lowest BCUT2D eigenvalue weighted by atomic mass is 10.2. The number of amides is 3. The average Bonchev–Trinajstić information content (AvgIpc) is 3.30. The molecule has 1 saturated heterocycles. The van der Waals surface area contributed by atoms with Gasteiger partial charge in [-0.25, -0.2) is 13.6 Å². The topological polar surface area (TPSA) is 150 Å². The van der Waals surface area contributed by atoms with Crippen LogP contribution < -0.4 is 21.1 Å². The van der Waals surface area contributed by atoms with Crippen molar-refractivity contribution in [1.82, 2.24) is 14.6 Å². The van der Waals surface area contributed by atoms with Crippen LogP contribution in [-0.4, -0.2) is 57.0 Å². The summed E-state index contributed by atoms with van der Waals surface area (Å²) in [6, 6.07) is 1.54. The highest BCUT2D eigenvalue weighted by atomic mass is 79.9. The molecule has 2 heterocycles. The maximum atomic E-state index is 14.0. The Morgan fingerprint density at radius 2 is 1.88 bits per heavy atom.